The quantitative estimate of drug-likeness (QED) is 0.267. The zero-order valence-electron chi connectivity index (χ0n) is 24.6. The molecular weight excluding hydrogens is 540 g/mol. The Morgan fingerprint density at radius 3 is 2.26 bits per heavy atom. The van der Waals surface area contributed by atoms with Crippen molar-refractivity contribution in [2.45, 2.75) is 56.8 Å². The Balaban J connectivity index is 1.12. The van der Waals surface area contributed by atoms with E-state index in [2.05, 4.69) is 16.0 Å². The number of carbonyl (C=O) groups is 4. The summed E-state index contributed by atoms with van der Waals surface area (Å²) in [5.41, 5.74) is -0.0405. The van der Waals surface area contributed by atoms with Gasteiger partial charge in [-0.25, -0.2) is 0 Å². The SMILES string of the molecule is COc1ccc(C[C@H](NC(=O)[C@H](C)NC(=O)CN2CCOCC2)C(=O)N[C@@H](C[C@H]2C[C@@H]3C4C2[C@@H]43)C(=O)[C@@]2(C)CO2)cc1. The highest BCUT2D eigenvalue weighted by Crippen LogP contribution is 2.84. The van der Waals surface area contributed by atoms with Crippen LogP contribution in [0.5, 0.6) is 5.75 Å². The van der Waals surface area contributed by atoms with Crippen LogP contribution in [0, 0.1) is 29.6 Å². The van der Waals surface area contributed by atoms with Crippen molar-refractivity contribution in [3.63, 3.8) is 0 Å². The number of epoxide rings is 1. The van der Waals surface area contributed by atoms with Crippen molar-refractivity contribution in [2.75, 3.05) is 46.6 Å². The van der Waals surface area contributed by atoms with Crippen LogP contribution in [0.3, 0.4) is 0 Å². The molecule has 4 saturated carbocycles. The summed E-state index contributed by atoms with van der Waals surface area (Å²) in [5.74, 6) is 3.06. The summed E-state index contributed by atoms with van der Waals surface area (Å²) in [4.78, 5) is 55.1. The fraction of sp³-hybridized carbons (Fsp3) is 0.677. The summed E-state index contributed by atoms with van der Waals surface area (Å²) >= 11 is 0. The second-order valence-corrected chi connectivity index (χ2v) is 12.9. The van der Waals surface area contributed by atoms with E-state index in [9.17, 15) is 19.2 Å². The average molecular weight is 583 g/mol. The number of Topliss-reactive ketones (excluding diaryl/α,β-unsaturated/α-hetero) is 1. The number of benzene rings is 1. The Labute approximate surface area is 246 Å². The first-order chi connectivity index (χ1) is 20.2. The van der Waals surface area contributed by atoms with E-state index in [-0.39, 0.29) is 24.7 Å². The second-order valence-electron chi connectivity index (χ2n) is 12.9. The Kier molecular flexibility index (Phi) is 8.01. The second kappa shape index (κ2) is 11.6. The van der Waals surface area contributed by atoms with E-state index < -0.39 is 35.5 Å². The maximum atomic E-state index is 13.8. The van der Waals surface area contributed by atoms with Crippen LogP contribution >= 0.6 is 0 Å². The standard InChI is InChI=1S/C31H42N4O7/c1-17(32-24(36)15-35-8-10-41-11-9-35)29(38)34-23(12-18-4-6-20(40-3)7-5-18)30(39)33-22(28(37)31(2)16-42-31)14-19-13-21-26-25(19)27(21)26/h4-7,17,19,21-23,25-27H,8-16H2,1-3H3,(H,32,36)(H,33,39)(H,34,38)/t17-,19+,21-,22-,23-,25?,26-,27?,31+/m0/s1. The molecule has 6 aliphatic rings. The van der Waals surface area contributed by atoms with Gasteiger partial charge in [-0.3, -0.25) is 24.1 Å². The lowest BCUT2D eigenvalue weighted by molar-refractivity contribution is -0.134. The van der Waals surface area contributed by atoms with E-state index in [4.69, 9.17) is 14.2 Å². The summed E-state index contributed by atoms with van der Waals surface area (Å²) < 4.78 is 16.0. The normalized spacial score (nSPS) is 32.5. The van der Waals surface area contributed by atoms with Gasteiger partial charge in [-0.1, -0.05) is 12.1 Å². The molecule has 2 bridgehead atoms. The maximum Gasteiger partial charge on any atom is 0.243 e. The number of fused-ring (bicyclic) bond motifs is 1. The van der Waals surface area contributed by atoms with Gasteiger partial charge < -0.3 is 30.2 Å². The first-order valence-electron chi connectivity index (χ1n) is 15.2. The first kappa shape index (κ1) is 29.1. The van der Waals surface area contributed by atoms with Crippen LogP contribution in [0.2, 0.25) is 0 Å². The van der Waals surface area contributed by atoms with Crippen LogP contribution in [0.25, 0.3) is 0 Å². The maximum absolute atomic E-state index is 13.8. The van der Waals surface area contributed by atoms with E-state index in [0.717, 1.165) is 29.7 Å². The molecule has 4 aliphatic carbocycles. The van der Waals surface area contributed by atoms with Crippen LogP contribution in [-0.2, 0) is 35.1 Å². The number of nitrogens with zero attached hydrogens (tertiary/aromatic N) is 1. The average Bonchev–Trinajstić information content (AvgIpc) is 3.94. The highest BCUT2D eigenvalue weighted by atomic mass is 16.6. The molecule has 0 spiro atoms. The van der Waals surface area contributed by atoms with Crippen molar-refractivity contribution in [3.05, 3.63) is 29.8 Å². The largest absolute Gasteiger partial charge is 0.497 e. The minimum absolute atomic E-state index is 0.104. The first-order valence-corrected chi connectivity index (χ1v) is 15.2. The molecule has 228 valence electrons. The number of amides is 3. The van der Waals surface area contributed by atoms with Crippen molar-refractivity contribution in [1.29, 1.82) is 0 Å². The van der Waals surface area contributed by atoms with Crippen LogP contribution in [0.4, 0.5) is 0 Å². The lowest BCUT2D eigenvalue weighted by Gasteiger charge is -2.27. The topological polar surface area (TPSA) is 139 Å². The molecule has 2 saturated heterocycles. The van der Waals surface area contributed by atoms with Gasteiger partial charge in [0.2, 0.25) is 17.7 Å². The lowest BCUT2D eigenvalue weighted by atomic mass is 9.90. The van der Waals surface area contributed by atoms with Gasteiger partial charge in [0.15, 0.2) is 5.78 Å². The van der Waals surface area contributed by atoms with E-state index in [1.807, 2.05) is 17.0 Å². The van der Waals surface area contributed by atoms with Gasteiger partial charge in [-0.15, -0.1) is 0 Å². The van der Waals surface area contributed by atoms with Crippen LogP contribution in [0.15, 0.2) is 24.3 Å². The smallest absolute Gasteiger partial charge is 0.243 e. The molecule has 0 aromatic heterocycles. The minimum atomic E-state index is -0.949. The summed E-state index contributed by atoms with van der Waals surface area (Å²) in [6, 6.07) is 4.81. The predicted octanol–water partition coefficient (Wildman–Crippen LogP) is 0.304. The van der Waals surface area contributed by atoms with E-state index >= 15 is 0 Å². The Bertz CT molecular complexity index is 1200. The van der Waals surface area contributed by atoms with Gasteiger partial charge >= 0.3 is 0 Å². The number of nitrogens with one attached hydrogen (secondary N) is 3. The number of carbonyl (C=O) groups excluding carboxylic acids is 4. The van der Waals surface area contributed by atoms with Crippen molar-refractivity contribution < 1.29 is 33.4 Å². The van der Waals surface area contributed by atoms with Crippen LogP contribution in [0.1, 0.15) is 32.3 Å². The van der Waals surface area contributed by atoms with Crippen LogP contribution < -0.4 is 20.7 Å². The van der Waals surface area contributed by atoms with Crippen molar-refractivity contribution in [2.24, 2.45) is 29.6 Å². The molecule has 3 amide bonds. The van der Waals surface area contributed by atoms with Gasteiger partial charge in [0.25, 0.3) is 0 Å². The molecule has 11 heteroatoms. The Hall–Kier alpha value is -3.02. The van der Waals surface area contributed by atoms with Gasteiger partial charge in [-0.2, -0.15) is 0 Å². The molecule has 1 aromatic carbocycles. The molecule has 11 nitrogen and oxygen atoms in total. The highest BCUT2D eigenvalue weighted by molar-refractivity contribution is 5.98. The molecule has 42 heavy (non-hydrogen) atoms. The van der Waals surface area contributed by atoms with E-state index in [0.29, 0.717) is 56.9 Å². The number of hydrogen-bond acceptors (Lipinski definition) is 8. The molecule has 2 aliphatic heterocycles. The molecule has 6 fully saturated rings. The van der Waals surface area contributed by atoms with E-state index in [1.54, 1.807) is 33.1 Å². The third-order valence-electron chi connectivity index (χ3n) is 9.90. The molecular formula is C31H42N4O7. The zero-order chi connectivity index (χ0) is 29.6. The number of morpholine rings is 1. The number of ketones is 1. The molecule has 9 atom stereocenters. The van der Waals surface area contributed by atoms with Gasteiger partial charge in [0.1, 0.15) is 23.4 Å². The zero-order valence-corrected chi connectivity index (χ0v) is 24.6. The monoisotopic (exact) mass is 582 g/mol. The molecule has 2 unspecified atom stereocenters. The number of rotatable bonds is 14. The van der Waals surface area contributed by atoms with E-state index in [1.165, 1.54) is 0 Å². The number of methoxy groups -OCH3 is 1. The predicted molar refractivity (Wildman–Crippen MR) is 151 cm³/mol. The number of hydrogen-bond donors (Lipinski definition) is 3. The summed E-state index contributed by atoms with van der Waals surface area (Å²) in [6.45, 7) is 6.36. The van der Waals surface area contributed by atoms with Gasteiger partial charge in [0, 0.05) is 19.5 Å². The fourth-order valence-corrected chi connectivity index (χ4v) is 7.19. The number of ether oxygens (including phenoxy) is 3. The van der Waals surface area contributed by atoms with Gasteiger partial charge in [-0.05, 0) is 74.0 Å². The van der Waals surface area contributed by atoms with Crippen molar-refractivity contribution >= 4 is 23.5 Å². The third-order valence-corrected chi connectivity index (χ3v) is 9.90. The molecule has 7 rings (SSSR count). The summed E-state index contributed by atoms with van der Waals surface area (Å²) in [7, 11) is 1.58. The minimum Gasteiger partial charge on any atom is -0.497 e. The molecule has 2 heterocycles. The van der Waals surface area contributed by atoms with Crippen molar-refractivity contribution in [3.8, 4) is 5.75 Å². The third kappa shape index (κ3) is 6.18. The molecule has 0 radical (unpaired) electrons. The molecule has 1 aromatic rings. The Morgan fingerprint density at radius 1 is 1.00 bits per heavy atom. The fourth-order valence-electron chi connectivity index (χ4n) is 7.19. The molecule has 3 N–H and O–H groups in total. The lowest BCUT2D eigenvalue weighted by Crippen LogP contribution is -2.57. The summed E-state index contributed by atoms with van der Waals surface area (Å²) in [6.07, 6.45) is 1.95. The van der Waals surface area contributed by atoms with Crippen LogP contribution in [-0.4, -0.2) is 98.7 Å². The summed E-state index contributed by atoms with van der Waals surface area (Å²) in [5, 5.41) is 8.59. The van der Waals surface area contributed by atoms with Crippen molar-refractivity contribution in [1.82, 2.24) is 20.9 Å². The van der Waals surface area contributed by atoms with Gasteiger partial charge in [0.05, 0.1) is 39.5 Å². The Morgan fingerprint density at radius 2 is 1.67 bits per heavy atom. The highest BCUT2D eigenvalue weighted by Gasteiger charge is 2.80.